The van der Waals surface area contributed by atoms with Crippen LogP contribution in [0.2, 0.25) is 0 Å². The molecule has 0 atom stereocenters. The first kappa shape index (κ1) is 14.3. The van der Waals surface area contributed by atoms with Gasteiger partial charge in [0, 0.05) is 17.6 Å². The van der Waals surface area contributed by atoms with Crippen LogP contribution in [-0.4, -0.2) is 18.3 Å². The summed E-state index contributed by atoms with van der Waals surface area (Å²) in [7, 11) is 0. The zero-order valence-electron chi connectivity index (χ0n) is 10.1. The van der Waals surface area contributed by atoms with Gasteiger partial charge in [-0.05, 0) is 43.9 Å². The van der Waals surface area contributed by atoms with E-state index in [-0.39, 0.29) is 6.61 Å². The van der Waals surface area contributed by atoms with E-state index < -0.39 is 0 Å². The number of aliphatic hydroxyl groups excluding tert-OH is 1. The Balaban J connectivity index is 2.63. The van der Waals surface area contributed by atoms with Gasteiger partial charge in [-0.3, -0.25) is 0 Å². The lowest BCUT2D eigenvalue weighted by atomic mass is 10.1. The molecule has 0 radical (unpaired) electrons. The number of nitrogen functional groups attached to an aromatic ring is 1. The van der Waals surface area contributed by atoms with E-state index in [4.69, 9.17) is 16.7 Å². The number of nitrogens with zero attached hydrogens (tertiary/aromatic N) is 1. The summed E-state index contributed by atoms with van der Waals surface area (Å²) >= 11 is 3.44. The average Bonchev–Trinajstić information content (AvgIpc) is 2.31. The van der Waals surface area contributed by atoms with Gasteiger partial charge in [-0.25, -0.2) is 5.84 Å². The first-order chi connectivity index (χ1) is 8.07. The third kappa shape index (κ3) is 3.87. The number of nitrogens with two attached hydrogens (primary N) is 2. The topological polar surface area (TPSA) is 75.5 Å². The molecule has 0 bridgehead atoms. The lowest BCUT2D eigenvalue weighted by molar-refractivity contribution is 0.283. The predicted molar refractivity (Wildman–Crippen MR) is 75.8 cm³/mol. The molecule has 0 amide bonds. The van der Waals surface area contributed by atoms with Crippen molar-refractivity contribution < 1.29 is 5.11 Å². The molecule has 5 heteroatoms. The number of aliphatic hydroxyl groups is 1. The molecule has 4 nitrogen and oxygen atoms in total. The maximum atomic E-state index is 8.69. The molecule has 0 aromatic heterocycles. The molecule has 0 aliphatic carbocycles. The minimum atomic E-state index is 0.240. The summed E-state index contributed by atoms with van der Waals surface area (Å²) in [5, 5.41) is 10.4. The smallest absolute Gasteiger partial charge is 0.0750 e. The van der Waals surface area contributed by atoms with Crippen molar-refractivity contribution in [1.29, 1.82) is 0 Å². The Hall–Kier alpha value is -0.780. The number of rotatable bonds is 6. The van der Waals surface area contributed by atoms with Crippen molar-refractivity contribution in [2.75, 3.05) is 23.9 Å². The highest BCUT2D eigenvalue weighted by Crippen LogP contribution is 2.30. The van der Waals surface area contributed by atoms with E-state index in [1.165, 1.54) is 0 Å². The van der Waals surface area contributed by atoms with Gasteiger partial charge in [0.2, 0.25) is 0 Å². The van der Waals surface area contributed by atoms with Crippen molar-refractivity contribution in [3.8, 4) is 0 Å². The number of hydrogen-bond acceptors (Lipinski definition) is 4. The second-order valence-electron chi connectivity index (χ2n) is 4.08. The van der Waals surface area contributed by atoms with E-state index in [9.17, 15) is 0 Å². The van der Waals surface area contributed by atoms with Gasteiger partial charge in [-0.1, -0.05) is 15.9 Å². The Morgan fingerprint density at radius 2 is 2.00 bits per heavy atom. The van der Waals surface area contributed by atoms with Crippen LogP contribution in [0.5, 0.6) is 0 Å². The predicted octanol–water partition coefficient (Wildman–Crippen LogP) is 2.18. The van der Waals surface area contributed by atoms with Gasteiger partial charge >= 0.3 is 0 Å². The van der Waals surface area contributed by atoms with E-state index in [0.717, 1.165) is 41.5 Å². The molecular formula is C12H20BrN3O. The number of hydrogen-bond donors (Lipinski definition) is 3. The van der Waals surface area contributed by atoms with E-state index in [0.29, 0.717) is 5.69 Å². The highest BCUT2D eigenvalue weighted by atomic mass is 79.9. The fraction of sp³-hybridized carbons (Fsp3) is 0.500. The average molecular weight is 302 g/mol. The van der Waals surface area contributed by atoms with Gasteiger partial charge in [-0.2, -0.15) is 0 Å². The molecule has 0 unspecified atom stereocenters. The largest absolute Gasteiger partial charge is 0.397 e. The SMILES string of the molecule is Cc1c(Br)ccc(N(N)CCCCCO)c1N. The fourth-order valence-electron chi connectivity index (χ4n) is 1.63. The van der Waals surface area contributed by atoms with E-state index in [1.54, 1.807) is 5.01 Å². The van der Waals surface area contributed by atoms with Gasteiger partial charge in [0.15, 0.2) is 0 Å². The number of benzene rings is 1. The maximum absolute atomic E-state index is 8.69. The van der Waals surface area contributed by atoms with Crippen LogP contribution >= 0.6 is 15.9 Å². The Morgan fingerprint density at radius 3 is 2.65 bits per heavy atom. The Morgan fingerprint density at radius 1 is 1.29 bits per heavy atom. The first-order valence-electron chi connectivity index (χ1n) is 5.75. The third-order valence-corrected chi connectivity index (χ3v) is 3.65. The summed E-state index contributed by atoms with van der Waals surface area (Å²) in [5.41, 5.74) is 8.60. The van der Waals surface area contributed by atoms with Crippen LogP contribution in [0.15, 0.2) is 16.6 Å². The number of halogens is 1. The molecule has 0 saturated heterocycles. The van der Waals surface area contributed by atoms with Gasteiger partial charge in [-0.15, -0.1) is 0 Å². The molecule has 0 heterocycles. The zero-order valence-corrected chi connectivity index (χ0v) is 11.7. The van der Waals surface area contributed by atoms with E-state index >= 15 is 0 Å². The standard InChI is InChI=1S/C12H20BrN3O/c1-9-10(13)5-6-11(12(9)14)16(15)7-3-2-4-8-17/h5-6,17H,2-4,7-8,14-15H2,1H3. The first-order valence-corrected chi connectivity index (χ1v) is 6.55. The Labute approximate surface area is 111 Å². The second-order valence-corrected chi connectivity index (χ2v) is 4.94. The van der Waals surface area contributed by atoms with Crippen LogP contribution in [0.25, 0.3) is 0 Å². The monoisotopic (exact) mass is 301 g/mol. The molecule has 0 saturated carbocycles. The van der Waals surface area contributed by atoms with Crippen molar-refractivity contribution in [3.63, 3.8) is 0 Å². The summed E-state index contributed by atoms with van der Waals surface area (Å²) in [6.07, 6.45) is 2.74. The molecule has 96 valence electrons. The van der Waals surface area contributed by atoms with Crippen LogP contribution in [0, 0.1) is 6.92 Å². The van der Waals surface area contributed by atoms with Crippen LogP contribution in [0.1, 0.15) is 24.8 Å². The molecule has 17 heavy (non-hydrogen) atoms. The van der Waals surface area contributed by atoms with Gasteiger partial charge in [0.1, 0.15) is 0 Å². The Bertz CT molecular complexity index is 371. The molecule has 1 aromatic rings. The highest BCUT2D eigenvalue weighted by molar-refractivity contribution is 9.10. The number of hydrazine groups is 1. The van der Waals surface area contributed by atoms with Crippen molar-refractivity contribution >= 4 is 27.3 Å². The molecule has 5 N–H and O–H groups in total. The third-order valence-electron chi connectivity index (χ3n) is 2.79. The van der Waals surface area contributed by atoms with Crippen molar-refractivity contribution in [3.05, 3.63) is 22.2 Å². The summed E-state index contributed by atoms with van der Waals surface area (Å²) in [6.45, 7) is 2.94. The summed E-state index contributed by atoms with van der Waals surface area (Å²) in [4.78, 5) is 0. The van der Waals surface area contributed by atoms with E-state index in [2.05, 4.69) is 15.9 Å². The Kier molecular flexibility index (Phi) is 5.74. The fourth-order valence-corrected chi connectivity index (χ4v) is 1.98. The maximum Gasteiger partial charge on any atom is 0.0750 e. The van der Waals surface area contributed by atoms with Crippen LogP contribution in [-0.2, 0) is 0 Å². The number of anilines is 2. The molecular weight excluding hydrogens is 282 g/mol. The van der Waals surface area contributed by atoms with Crippen LogP contribution in [0.3, 0.4) is 0 Å². The number of unbranched alkanes of at least 4 members (excludes halogenated alkanes) is 2. The lowest BCUT2D eigenvalue weighted by Gasteiger charge is -2.21. The second kappa shape index (κ2) is 6.83. The molecule has 1 aromatic carbocycles. The molecule has 0 fully saturated rings. The van der Waals surface area contributed by atoms with Gasteiger partial charge in [0.25, 0.3) is 0 Å². The van der Waals surface area contributed by atoms with Gasteiger partial charge in [0.05, 0.1) is 11.4 Å². The normalized spacial score (nSPS) is 10.6. The van der Waals surface area contributed by atoms with E-state index in [1.807, 2.05) is 19.1 Å². The molecule has 0 spiro atoms. The quantitative estimate of drug-likeness (QED) is 0.326. The van der Waals surface area contributed by atoms with Crippen LogP contribution in [0.4, 0.5) is 11.4 Å². The van der Waals surface area contributed by atoms with Crippen molar-refractivity contribution in [2.45, 2.75) is 26.2 Å². The molecule has 0 aliphatic heterocycles. The minimum absolute atomic E-state index is 0.240. The summed E-state index contributed by atoms with van der Waals surface area (Å²) < 4.78 is 0.993. The highest BCUT2D eigenvalue weighted by Gasteiger charge is 2.09. The van der Waals surface area contributed by atoms with Gasteiger partial charge < -0.3 is 15.8 Å². The summed E-state index contributed by atoms with van der Waals surface area (Å²) in [5.74, 6) is 5.97. The summed E-state index contributed by atoms with van der Waals surface area (Å²) in [6, 6.07) is 3.87. The van der Waals surface area contributed by atoms with Crippen molar-refractivity contribution in [1.82, 2.24) is 0 Å². The minimum Gasteiger partial charge on any atom is -0.397 e. The molecule has 0 aliphatic rings. The van der Waals surface area contributed by atoms with Crippen LogP contribution < -0.4 is 16.6 Å². The lowest BCUT2D eigenvalue weighted by Crippen LogP contribution is -2.32. The van der Waals surface area contributed by atoms with Crippen molar-refractivity contribution in [2.24, 2.45) is 5.84 Å². The zero-order chi connectivity index (χ0) is 12.8. The molecule has 1 rings (SSSR count).